The zero-order valence-electron chi connectivity index (χ0n) is 20.2. The zero-order chi connectivity index (χ0) is 25.5. The van der Waals surface area contributed by atoms with Crippen LogP contribution in [0.25, 0.3) is 27.6 Å². The molecule has 0 amide bonds. The number of sulfonamides is 1. The van der Waals surface area contributed by atoms with Gasteiger partial charge in [0.1, 0.15) is 5.75 Å². The number of rotatable bonds is 5. The lowest BCUT2D eigenvalue weighted by Gasteiger charge is -2.25. The number of anilines is 1. The van der Waals surface area contributed by atoms with Gasteiger partial charge >= 0.3 is 5.69 Å². The molecule has 0 atom stereocenters. The second kappa shape index (κ2) is 8.74. The van der Waals surface area contributed by atoms with E-state index < -0.39 is 21.3 Å². The molecule has 0 fully saturated rings. The van der Waals surface area contributed by atoms with Gasteiger partial charge in [0.25, 0.3) is 5.56 Å². The molecule has 0 aliphatic heterocycles. The summed E-state index contributed by atoms with van der Waals surface area (Å²) in [6, 6.07) is 16.1. The molecule has 182 valence electrons. The molecule has 4 aromatic rings. The van der Waals surface area contributed by atoms with Crippen LogP contribution in [-0.2, 0) is 15.4 Å². The number of methoxy groups -OCH3 is 1. The maximum Gasteiger partial charge on any atom is 0.332 e. The Morgan fingerprint density at radius 3 is 2.14 bits per heavy atom. The van der Waals surface area contributed by atoms with Gasteiger partial charge in [-0.15, -0.1) is 0 Å². The molecule has 8 nitrogen and oxygen atoms in total. The van der Waals surface area contributed by atoms with Crippen LogP contribution in [-0.4, -0.2) is 31.3 Å². The van der Waals surface area contributed by atoms with E-state index in [9.17, 15) is 18.0 Å². The van der Waals surface area contributed by atoms with Crippen LogP contribution < -0.4 is 20.7 Å². The molecular weight excluding hydrogens is 466 g/mol. The lowest BCUT2D eigenvalue weighted by atomic mass is 9.83. The molecule has 2 N–H and O–H groups in total. The van der Waals surface area contributed by atoms with E-state index in [0.29, 0.717) is 17.1 Å². The van der Waals surface area contributed by atoms with E-state index in [-0.39, 0.29) is 5.41 Å². The fourth-order valence-corrected chi connectivity index (χ4v) is 4.65. The molecule has 0 aliphatic carbocycles. The van der Waals surface area contributed by atoms with Crippen LogP contribution in [0.2, 0.25) is 0 Å². The van der Waals surface area contributed by atoms with E-state index in [1.165, 1.54) is 16.8 Å². The molecule has 1 heterocycles. The Labute approximate surface area is 203 Å². The minimum Gasteiger partial charge on any atom is -0.496 e. The molecule has 1 aromatic heterocycles. The highest BCUT2D eigenvalue weighted by atomic mass is 32.2. The van der Waals surface area contributed by atoms with Crippen molar-refractivity contribution in [2.45, 2.75) is 26.2 Å². The Bertz CT molecular complexity index is 1640. The van der Waals surface area contributed by atoms with E-state index in [2.05, 4.69) is 30.5 Å². The van der Waals surface area contributed by atoms with Crippen LogP contribution in [0.3, 0.4) is 0 Å². The molecule has 0 unspecified atom stereocenters. The molecular formula is C26H27N3O5S. The normalized spacial score (nSPS) is 12.0. The van der Waals surface area contributed by atoms with Crippen molar-refractivity contribution in [3.8, 4) is 22.6 Å². The van der Waals surface area contributed by atoms with E-state index in [1.807, 2.05) is 36.4 Å². The molecule has 9 heteroatoms. The van der Waals surface area contributed by atoms with Gasteiger partial charge in [-0.1, -0.05) is 45.0 Å². The van der Waals surface area contributed by atoms with Crippen LogP contribution in [0.15, 0.2) is 70.4 Å². The van der Waals surface area contributed by atoms with Crippen LogP contribution in [0.4, 0.5) is 5.69 Å². The van der Waals surface area contributed by atoms with Crippen molar-refractivity contribution in [2.24, 2.45) is 0 Å². The Hall–Kier alpha value is -3.85. The van der Waals surface area contributed by atoms with E-state index >= 15 is 0 Å². The number of nitrogens with zero attached hydrogens (tertiary/aromatic N) is 1. The van der Waals surface area contributed by atoms with Crippen molar-refractivity contribution < 1.29 is 13.2 Å². The Morgan fingerprint density at radius 2 is 1.57 bits per heavy atom. The summed E-state index contributed by atoms with van der Waals surface area (Å²) in [6.45, 7) is 6.19. The summed E-state index contributed by atoms with van der Waals surface area (Å²) in [5.41, 5.74) is 2.51. The molecule has 3 aromatic carbocycles. The van der Waals surface area contributed by atoms with Gasteiger partial charge in [0.2, 0.25) is 10.0 Å². The van der Waals surface area contributed by atoms with Gasteiger partial charge in [-0.25, -0.2) is 13.2 Å². The third kappa shape index (κ3) is 5.00. The van der Waals surface area contributed by atoms with Gasteiger partial charge in [-0.05, 0) is 40.8 Å². The highest BCUT2D eigenvalue weighted by Gasteiger charge is 2.24. The molecule has 35 heavy (non-hydrogen) atoms. The van der Waals surface area contributed by atoms with Crippen LogP contribution in [0.5, 0.6) is 5.75 Å². The minimum absolute atomic E-state index is 0.297. The van der Waals surface area contributed by atoms with Crippen LogP contribution in [0.1, 0.15) is 26.3 Å². The van der Waals surface area contributed by atoms with Gasteiger partial charge in [0.15, 0.2) is 0 Å². The first-order valence-corrected chi connectivity index (χ1v) is 12.8. The van der Waals surface area contributed by atoms with Crippen molar-refractivity contribution >= 4 is 26.5 Å². The number of hydrogen-bond acceptors (Lipinski definition) is 5. The third-order valence-corrected chi connectivity index (χ3v) is 6.29. The summed E-state index contributed by atoms with van der Waals surface area (Å²) in [7, 11) is -1.75. The molecule has 0 spiro atoms. The molecule has 4 rings (SSSR count). The first-order chi connectivity index (χ1) is 16.4. The highest BCUT2D eigenvalue weighted by Crippen LogP contribution is 2.41. The van der Waals surface area contributed by atoms with Crippen molar-refractivity contribution in [1.82, 2.24) is 9.55 Å². The van der Waals surface area contributed by atoms with E-state index in [1.54, 1.807) is 19.2 Å². The van der Waals surface area contributed by atoms with Crippen LogP contribution in [0, 0.1) is 0 Å². The van der Waals surface area contributed by atoms with Crippen molar-refractivity contribution in [1.29, 1.82) is 0 Å². The van der Waals surface area contributed by atoms with Gasteiger partial charge in [0, 0.05) is 34.3 Å². The minimum atomic E-state index is -3.37. The Morgan fingerprint density at radius 1 is 0.914 bits per heavy atom. The predicted molar refractivity (Wildman–Crippen MR) is 139 cm³/mol. The smallest absolute Gasteiger partial charge is 0.332 e. The van der Waals surface area contributed by atoms with E-state index in [0.717, 1.165) is 33.7 Å². The summed E-state index contributed by atoms with van der Waals surface area (Å²) in [4.78, 5) is 26.6. The quantitative estimate of drug-likeness (QED) is 0.436. The number of aromatic amines is 1. The summed E-state index contributed by atoms with van der Waals surface area (Å²) in [5.74, 6) is 0.700. The number of fused-ring (bicyclic) bond motifs is 1. The first-order valence-electron chi connectivity index (χ1n) is 10.9. The number of benzene rings is 3. The predicted octanol–water partition coefficient (Wildman–Crippen LogP) is 4.02. The molecule has 0 bridgehead atoms. The lowest BCUT2D eigenvalue weighted by Crippen LogP contribution is -2.28. The summed E-state index contributed by atoms with van der Waals surface area (Å²) in [5, 5.41) is 1.59. The van der Waals surface area contributed by atoms with E-state index in [4.69, 9.17) is 4.74 Å². The number of nitrogens with one attached hydrogen (secondary N) is 2. The number of aromatic nitrogens is 2. The second-order valence-corrected chi connectivity index (χ2v) is 11.2. The maximum absolute atomic E-state index is 12.6. The fraction of sp³-hybridized carbons (Fsp3) is 0.231. The standard InChI is InChI=1S/C26H27N3O5S/c1-26(2,3)21-15-22(29-13-12-23(30)27-25(29)31)19-11-8-17(14-20(19)24(21)34-4)16-6-9-18(10-7-16)28-35(5,32)33/h6-15,28H,1-5H3,(H,27,30,31). The monoisotopic (exact) mass is 493 g/mol. The average molecular weight is 494 g/mol. The zero-order valence-corrected chi connectivity index (χ0v) is 21.0. The molecule has 0 saturated heterocycles. The Kier molecular flexibility index (Phi) is 6.06. The van der Waals surface area contributed by atoms with Gasteiger partial charge in [0.05, 0.1) is 19.1 Å². The second-order valence-electron chi connectivity index (χ2n) is 9.42. The molecule has 0 radical (unpaired) electrons. The number of H-pyrrole nitrogens is 1. The SMILES string of the molecule is COc1c(C(C)(C)C)cc(-n2ccc(=O)[nH]c2=O)c2ccc(-c3ccc(NS(C)(=O)=O)cc3)cc12. The highest BCUT2D eigenvalue weighted by molar-refractivity contribution is 7.92. The van der Waals surface area contributed by atoms with Gasteiger partial charge in [-0.3, -0.25) is 19.1 Å². The summed E-state index contributed by atoms with van der Waals surface area (Å²) in [6.07, 6.45) is 2.57. The van der Waals surface area contributed by atoms with Gasteiger partial charge < -0.3 is 4.74 Å². The van der Waals surface area contributed by atoms with Crippen molar-refractivity contribution in [2.75, 3.05) is 18.1 Å². The maximum atomic E-state index is 12.6. The molecule has 0 saturated carbocycles. The van der Waals surface area contributed by atoms with Crippen LogP contribution >= 0.6 is 0 Å². The first kappa shape index (κ1) is 24.3. The Balaban J connectivity index is 1.97. The van der Waals surface area contributed by atoms with Crippen molar-refractivity contribution in [3.05, 3.63) is 87.2 Å². The lowest BCUT2D eigenvalue weighted by molar-refractivity contribution is 0.402. The average Bonchev–Trinajstić information content (AvgIpc) is 2.76. The summed E-state index contributed by atoms with van der Waals surface area (Å²) >= 11 is 0. The fourth-order valence-electron chi connectivity index (χ4n) is 4.09. The number of ether oxygens (including phenoxy) is 1. The topological polar surface area (TPSA) is 110 Å². The molecule has 0 aliphatic rings. The summed E-state index contributed by atoms with van der Waals surface area (Å²) < 4.78 is 32.8. The van der Waals surface area contributed by atoms with Crippen molar-refractivity contribution in [3.63, 3.8) is 0 Å². The third-order valence-electron chi connectivity index (χ3n) is 5.68. The largest absolute Gasteiger partial charge is 0.496 e. The number of hydrogen-bond donors (Lipinski definition) is 2. The van der Waals surface area contributed by atoms with Gasteiger partial charge in [-0.2, -0.15) is 0 Å².